The van der Waals surface area contributed by atoms with Crippen LogP contribution >= 0.6 is 0 Å². The highest BCUT2D eigenvalue weighted by atomic mass is 19.3. The predicted octanol–water partition coefficient (Wildman–Crippen LogP) is 3.61. The lowest BCUT2D eigenvalue weighted by atomic mass is 10.1. The highest BCUT2D eigenvalue weighted by Gasteiger charge is 2.17. The highest BCUT2D eigenvalue weighted by Crippen LogP contribution is 2.32. The van der Waals surface area contributed by atoms with E-state index in [9.17, 15) is 8.78 Å². The van der Waals surface area contributed by atoms with Crippen molar-refractivity contribution in [3.05, 3.63) is 42.0 Å². The molecule has 180 valence electrons. The van der Waals surface area contributed by atoms with Gasteiger partial charge in [-0.3, -0.25) is 4.99 Å². The minimum Gasteiger partial charge on any atom is -0.396 e. The minimum atomic E-state index is -2.62. The van der Waals surface area contributed by atoms with E-state index in [1.807, 2.05) is 27.0 Å². The minimum absolute atomic E-state index is 0.0833. The standard InChI is InChI=1S/C23H29F2N9/c1-12(7-28-14(3)33-16-4-5-27-9-16)13(2)32-23-31-11-19(26)20(34-23)18-10-30-22-17(18)6-15(8-29-22)21(24)25/h6-8,10-11,13,16,21,27H,4-5,9,26H2,1-3H3,(H,28,33)(H,29,30)(H,31,32,34)/b12-7+. The summed E-state index contributed by atoms with van der Waals surface area (Å²) in [6, 6.07) is 1.63. The number of pyridine rings is 1. The first kappa shape index (κ1) is 23.6. The second-order valence-corrected chi connectivity index (χ2v) is 8.43. The Hall–Kier alpha value is -3.60. The van der Waals surface area contributed by atoms with Gasteiger partial charge < -0.3 is 26.7 Å². The summed E-state index contributed by atoms with van der Waals surface area (Å²) in [5, 5.41) is 10.3. The quantitative estimate of drug-likeness (QED) is 0.264. The van der Waals surface area contributed by atoms with E-state index >= 15 is 0 Å². The van der Waals surface area contributed by atoms with Gasteiger partial charge in [0.25, 0.3) is 6.43 Å². The fourth-order valence-electron chi connectivity index (χ4n) is 3.72. The van der Waals surface area contributed by atoms with Gasteiger partial charge in [0, 0.05) is 47.7 Å². The molecule has 2 unspecified atom stereocenters. The third kappa shape index (κ3) is 5.30. The second-order valence-electron chi connectivity index (χ2n) is 8.43. The van der Waals surface area contributed by atoms with Gasteiger partial charge in [-0.1, -0.05) is 0 Å². The number of nitrogens with zero attached hydrogens (tertiary/aromatic N) is 4. The Morgan fingerprint density at radius 2 is 2.12 bits per heavy atom. The lowest BCUT2D eigenvalue weighted by molar-refractivity contribution is 0.151. The average molecular weight is 470 g/mol. The summed E-state index contributed by atoms with van der Waals surface area (Å²) in [7, 11) is 0. The molecule has 11 heteroatoms. The topological polar surface area (TPSA) is 129 Å². The highest BCUT2D eigenvalue weighted by molar-refractivity contribution is 5.95. The number of aliphatic imine (C=N–C) groups is 1. The zero-order valence-electron chi connectivity index (χ0n) is 19.4. The van der Waals surface area contributed by atoms with Crippen LogP contribution in [0.1, 0.15) is 39.2 Å². The smallest absolute Gasteiger partial charge is 0.265 e. The summed E-state index contributed by atoms with van der Waals surface area (Å²) in [6.07, 6.45) is 4.67. The summed E-state index contributed by atoms with van der Waals surface area (Å²) in [5.41, 5.74) is 8.84. The lowest BCUT2D eigenvalue weighted by Gasteiger charge is -2.16. The van der Waals surface area contributed by atoms with Crippen LogP contribution in [0.3, 0.4) is 0 Å². The van der Waals surface area contributed by atoms with Crippen molar-refractivity contribution in [3.63, 3.8) is 0 Å². The monoisotopic (exact) mass is 469 g/mol. The maximum absolute atomic E-state index is 13.2. The zero-order chi connectivity index (χ0) is 24.2. The van der Waals surface area contributed by atoms with Gasteiger partial charge in [0.05, 0.1) is 23.8 Å². The van der Waals surface area contributed by atoms with Gasteiger partial charge in [-0.05, 0) is 45.4 Å². The van der Waals surface area contributed by atoms with E-state index < -0.39 is 6.43 Å². The van der Waals surface area contributed by atoms with Gasteiger partial charge in [-0.25, -0.2) is 23.7 Å². The predicted molar refractivity (Wildman–Crippen MR) is 131 cm³/mol. The Morgan fingerprint density at radius 1 is 1.29 bits per heavy atom. The molecule has 1 fully saturated rings. The molecule has 0 saturated carbocycles. The van der Waals surface area contributed by atoms with E-state index in [0.717, 1.165) is 37.1 Å². The Morgan fingerprint density at radius 3 is 2.85 bits per heavy atom. The third-order valence-corrected chi connectivity index (χ3v) is 5.82. The van der Waals surface area contributed by atoms with Crippen molar-refractivity contribution >= 4 is 28.5 Å². The van der Waals surface area contributed by atoms with E-state index in [4.69, 9.17) is 5.73 Å². The van der Waals surface area contributed by atoms with E-state index in [0.29, 0.717) is 40.0 Å². The molecule has 34 heavy (non-hydrogen) atoms. The Balaban J connectivity index is 1.51. The SMILES string of the molecule is CC(=NC1CCNC1)N/C=C(\C)C(C)Nc1ncc(N)c(-c2c[nH]c3ncc(C(F)F)cc23)n1. The Bertz CT molecular complexity index is 1210. The van der Waals surface area contributed by atoms with Crippen LogP contribution in [-0.2, 0) is 0 Å². The molecular weight excluding hydrogens is 440 g/mol. The Labute approximate surface area is 196 Å². The van der Waals surface area contributed by atoms with Crippen molar-refractivity contribution in [2.75, 3.05) is 24.1 Å². The van der Waals surface area contributed by atoms with Crippen molar-refractivity contribution in [1.82, 2.24) is 30.6 Å². The number of amidine groups is 1. The number of halogens is 2. The second kappa shape index (κ2) is 10.1. The molecular formula is C23H29F2N9. The molecule has 1 aliphatic rings. The number of fused-ring (bicyclic) bond motifs is 1. The molecule has 3 aromatic rings. The van der Waals surface area contributed by atoms with Gasteiger partial charge in [0.15, 0.2) is 0 Å². The normalized spacial score (nSPS) is 18.0. The number of nitrogens with one attached hydrogen (secondary N) is 4. The van der Waals surface area contributed by atoms with Gasteiger partial charge >= 0.3 is 0 Å². The number of hydrogen-bond acceptors (Lipinski definition) is 7. The number of anilines is 2. The summed E-state index contributed by atoms with van der Waals surface area (Å²) in [5.74, 6) is 1.24. The number of nitrogens with two attached hydrogens (primary N) is 1. The number of aromatic amines is 1. The number of nitrogen functional groups attached to an aromatic ring is 1. The van der Waals surface area contributed by atoms with Gasteiger partial charge in [-0.15, -0.1) is 0 Å². The molecule has 9 nitrogen and oxygen atoms in total. The maximum Gasteiger partial charge on any atom is 0.265 e. The third-order valence-electron chi connectivity index (χ3n) is 5.82. The number of aromatic nitrogens is 4. The van der Waals surface area contributed by atoms with Crippen LogP contribution in [0.15, 0.2) is 41.4 Å². The molecule has 0 spiro atoms. The average Bonchev–Trinajstić information content (AvgIpc) is 3.48. The molecule has 0 radical (unpaired) electrons. The lowest BCUT2D eigenvalue weighted by Crippen LogP contribution is -2.23. The molecule has 3 aromatic heterocycles. The molecule has 4 rings (SSSR count). The molecule has 1 saturated heterocycles. The largest absolute Gasteiger partial charge is 0.396 e. The first-order valence-electron chi connectivity index (χ1n) is 11.1. The summed E-state index contributed by atoms with van der Waals surface area (Å²) in [4.78, 5) is 20.6. The van der Waals surface area contributed by atoms with Crippen molar-refractivity contribution in [1.29, 1.82) is 0 Å². The van der Waals surface area contributed by atoms with Crippen LogP contribution in [0, 0.1) is 0 Å². The molecule has 4 heterocycles. The molecule has 0 aromatic carbocycles. The molecule has 2 atom stereocenters. The van der Waals surface area contributed by atoms with Gasteiger partial charge in [-0.2, -0.15) is 0 Å². The van der Waals surface area contributed by atoms with Crippen molar-refractivity contribution < 1.29 is 8.78 Å². The number of hydrogen-bond donors (Lipinski definition) is 5. The Kier molecular flexibility index (Phi) is 7.01. The maximum atomic E-state index is 13.2. The zero-order valence-corrected chi connectivity index (χ0v) is 19.4. The fourth-order valence-corrected chi connectivity index (χ4v) is 3.72. The summed E-state index contributed by atoms with van der Waals surface area (Å²) >= 11 is 0. The first-order chi connectivity index (χ1) is 16.3. The van der Waals surface area contributed by atoms with Gasteiger partial charge in [0.1, 0.15) is 11.3 Å². The molecule has 6 N–H and O–H groups in total. The summed E-state index contributed by atoms with van der Waals surface area (Å²) in [6.45, 7) is 7.84. The number of rotatable bonds is 7. The molecule has 0 aliphatic carbocycles. The van der Waals surface area contributed by atoms with Crippen LogP contribution in [0.5, 0.6) is 0 Å². The van der Waals surface area contributed by atoms with Crippen molar-refractivity contribution in [2.45, 2.75) is 45.7 Å². The van der Waals surface area contributed by atoms with E-state index in [2.05, 4.69) is 40.9 Å². The van der Waals surface area contributed by atoms with Crippen LogP contribution in [0.4, 0.5) is 20.4 Å². The van der Waals surface area contributed by atoms with Crippen molar-refractivity contribution in [2.24, 2.45) is 4.99 Å². The summed E-state index contributed by atoms with van der Waals surface area (Å²) < 4.78 is 26.4. The molecule has 0 amide bonds. The molecule has 1 aliphatic heterocycles. The van der Waals surface area contributed by atoms with Gasteiger partial charge in [0.2, 0.25) is 5.95 Å². The van der Waals surface area contributed by atoms with Crippen LogP contribution in [0.25, 0.3) is 22.3 Å². The van der Waals surface area contributed by atoms with Crippen molar-refractivity contribution in [3.8, 4) is 11.3 Å². The number of H-pyrrole nitrogens is 1. The molecule has 0 bridgehead atoms. The van der Waals surface area contributed by atoms with Crippen LogP contribution in [0.2, 0.25) is 0 Å². The number of alkyl halides is 2. The van der Waals surface area contributed by atoms with E-state index in [-0.39, 0.29) is 11.6 Å². The van der Waals surface area contributed by atoms with E-state index in [1.165, 1.54) is 12.3 Å². The fraction of sp³-hybridized carbons (Fsp3) is 0.391. The van der Waals surface area contributed by atoms with E-state index in [1.54, 1.807) is 6.20 Å². The van der Waals surface area contributed by atoms with Crippen LogP contribution in [-0.4, -0.2) is 50.9 Å². The first-order valence-corrected chi connectivity index (χ1v) is 11.1. The van der Waals surface area contributed by atoms with Crippen LogP contribution < -0.4 is 21.7 Å².